The average Bonchev–Trinajstić information content (AvgIpc) is 2.97. The second kappa shape index (κ2) is 10.9. The second-order valence-electron chi connectivity index (χ2n) is 6.50. The molecule has 0 spiro atoms. The first-order chi connectivity index (χ1) is 12.4. The lowest BCUT2D eigenvalue weighted by atomic mass is 10.2. The molecule has 2 aliphatic heterocycles. The highest BCUT2D eigenvalue weighted by Gasteiger charge is 2.42. The van der Waals surface area contributed by atoms with Gasteiger partial charge < -0.3 is 15.4 Å². The minimum absolute atomic E-state index is 0. The number of hydrogen-bond acceptors (Lipinski definition) is 5. The van der Waals surface area contributed by atoms with E-state index in [2.05, 4.69) is 16.0 Å². The number of rotatable bonds is 5. The van der Waals surface area contributed by atoms with Crippen LogP contribution in [0.15, 0.2) is 24.3 Å². The number of morpholine rings is 1. The van der Waals surface area contributed by atoms with Gasteiger partial charge in [0, 0.05) is 30.9 Å². The lowest BCUT2D eigenvalue weighted by Crippen LogP contribution is -2.41. The molecule has 0 bridgehead atoms. The number of amides is 2. The van der Waals surface area contributed by atoms with Crippen molar-refractivity contribution in [3.8, 4) is 0 Å². The van der Waals surface area contributed by atoms with E-state index in [1.165, 1.54) is 0 Å². The average molecular weight is 441 g/mol. The van der Waals surface area contributed by atoms with Gasteiger partial charge in [-0.25, -0.2) is 8.78 Å². The zero-order chi connectivity index (χ0) is 18.6. The van der Waals surface area contributed by atoms with Crippen LogP contribution in [0.1, 0.15) is 6.42 Å². The molecule has 0 aliphatic carbocycles. The molecule has 2 fully saturated rings. The first kappa shape index (κ1) is 24.5. The summed E-state index contributed by atoms with van der Waals surface area (Å²) in [5, 5.41) is 7.90. The van der Waals surface area contributed by atoms with E-state index in [1.807, 2.05) is 4.90 Å². The molecule has 3 rings (SSSR count). The number of ether oxygens (including phenoxy) is 1. The van der Waals surface area contributed by atoms with Crippen molar-refractivity contribution >= 4 is 48.0 Å². The molecule has 2 amide bonds. The summed E-state index contributed by atoms with van der Waals surface area (Å²) in [5.41, 5.74) is 1.09. The predicted octanol–water partition coefficient (Wildman–Crippen LogP) is 1.74. The van der Waals surface area contributed by atoms with Crippen molar-refractivity contribution in [2.45, 2.75) is 18.4 Å². The molecule has 1 aromatic carbocycles. The fourth-order valence-corrected chi connectivity index (χ4v) is 2.93. The maximum Gasteiger partial charge on any atom is 0.262 e. The molecular weight excluding hydrogens is 417 g/mol. The van der Waals surface area contributed by atoms with E-state index in [1.54, 1.807) is 24.3 Å². The number of halogens is 4. The normalized spacial score (nSPS) is 21.1. The molecular formula is C17H24Cl2F2N4O3. The summed E-state index contributed by atoms with van der Waals surface area (Å²) in [6, 6.07) is 5.65. The molecule has 0 radical (unpaired) electrons. The first-order valence-corrected chi connectivity index (χ1v) is 8.53. The summed E-state index contributed by atoms with van der Waals surface area (Å²) >= 11 is 0. The molecule has 28 heavy (non-hydrogen) atoms. The van der Waals surface area contributed by atoms with Crippen LogP contribution in [0.2, 0.25) is 0 Å². The summed E-state index contributed by atoms with van der Waals surface area (Å²) in [5.74, 6) is -3.47. The van der Waals surface area contributed by atoms with Gasteiger partial charge in [0.25, 0.3) is 5.92 Å². The van der Waals surface area contributed by atoms with Gasteiger partial charge in [-0.2, -0.15) is 0 Å². The van der Waals surface area contributed by atoms with Crippen LogP contribution in [0.25, 0.3) is 0 Å². The minimum Gasteiger partial charge on any atom is -0.379 e. The molecule has 0 saturated carbocycles. The Morgan fingerprint density at radius 3 is 2.21 bits per heavy atom. The molecule has 2 saturated heterocycles. The third-order valence-corrected chi connectivity index (χ3v) is 4.33. The summed E-state index contributed by atoms with van der Waals surface area (Å²) in [4.78, 5) is 26.0. The van der Waals surface area contributed by atoms with E-state index in [9.17, 15) is 18.4 Å². The number of nitrogens with zero attached hydrogens (tertiary/aromatic N) is 1. The third-order valence-electron chi connectivity index (χ3n) is 4.33. The van der Waals surface area contributed by atoms with E-state index < -0.39 is 30.8 Å². The van der Waals surface area contributed by atoms with E-state index >= 15 is 0 Å². The molecule has 158 valence electrons. The largest absolute Gasteiger partial charge is 0.379 e. The molecule has 1 atom stereocenters. The van der Waals surface area contributed by atoms with Crippen molar-refractivity contribution in [3.05, 3.63) is 24.3 Å². The van der Waals surface area contributed by atoms with Crippen LogP contribution in [0.3, 0.4) is 0 Å². The highest BCUT2D eigenvalue weighted by atomic mass is 35.5. The van der Waals surface area contributed by atoms with Gasteiger partial charge in [-0.1, -0.05) is 0 Å². The van der Waals surface area contributed by atoms with Crippen molar-refractivity contribution < 1.29 is 23.1 Å². The Bertz CT molecular complexity index is 658. The Morgan fingerprint density at radius 2 is 1.68 bits per heavy atom. The zero-order valence-electron chi connectivity index (χ0n) is 15.1. The topological polar surface area (TPSA) is 82.7 Å². The van der Waals surface area contributed by atoms with Crippen molar-refractivity contribution in [1.82, 2.24) is 10.2 Å². The van der Waals surface area contributed by atoms with E-state index in [0.717, 1.165) is 13.1 Å². The SMILES string of the molecule is Cl.Cl.O=C(CN1CCOCC1)Nc1ccc(NC(=O)C2CC(F)(F)CN2)cc1. The van der Waals surface area contributed by atoms with Crippen LogP contribution in [0, 0.1) is 0 Å². The van der Waals surface area contributed by atoms with Gasteiger partial charge >= 0.3 is 0 Å². The maximum absolute atomic E-state index is 13.1. The van der Waals surface area contributed by atoms with E-state index in [-0.39, 0.29) is 30.7 Å². The predicted molar refractivity (Wildman–Crippen MR) is 107 cm³/mol. The van der Waals surface area contributed by atoms with Gasteiger partial charge in [0.05, 0.1) is 32.3 Å². The number of carbonyl (C=O) groups excluding carboxylic acids is 2. The Balaban J connectivity index is 0.00000196. The number of nitrogens with one attached hydrogen (secondary N) is 3. The number of anilines is 2. The van der Waals surface area contributed by atoms with Gasteiger partial charge in [0.2, 0.25) is 11.8 Å². The highest BCUT2D eigenvalue weighted by Crippen LogP contribution is 2.25. The quantitative estimate of drug-likeness (QED) is 0.649. The number of benzene rings is 1. The van der Waals surface area contributed by atoms with Gasteiger partial charge in [-0.05, 0) is 24.3 Å². The van der Waals surface area contributed by atoms with Gasteiger partial charge in [0.15, 0.2) is 0 Å². The summed E-state index contributed by atoms with van der Waals surface area (Å²) < 4.78 is 31.5. The smallest absolute Gasteiger partial charge is 0.262 e. The van der Waals surface area contributed by atoms with Crippen molar-refractivity contribution in [2.24, 2.45) is 0 Å². The summed E-state index contributed by atoms with van der Waals surface area (Å²) in [6.45, 7) is 2.52. The molecule has 1 unspecified atom stereocenters. The Labute approximate surface area is 174 Å². The highest BCUT2D eigenvalue weighted by molar-refractivity contribution is 5.96. The summed E-state index contributed by atoms with van der Waals surface area (Å²) in [7, 11) is 0. The van der Waals surface area contributed by atoms with Crippen LogP contribution < -0.4 is 16.0 Å². The number of hydrogen-bond donors (Lipinski definition) is 3. The summed E-state index contributed by atoms with van der Waals surface area (Å²) in [6.07, 6.45) is -0.505. The van der Waals surface area contributed by atoms with Crippen molar-refractivity contribution in [1.29, 1.82) is 0 Å². The van der Waals surface area contributed by atoms with Gasteiger partial charge in [-0.15, -0.1) is 24.8 Å². The molecule has 1 aromatic rings. The van der Waals surface area contributed by atoms with Crippen LogP contribution in [0.4, 0.5) is 20.2 Å². The van der Waals surface area contributed by atoms with Crippen LogP contribution in [-0.2, 0) is 14.3 Å². The Hall–Kier alpha value is -1.52. The third kappa shape index (κ3) is 7.14. The Kier molecular flexibility index (Phi) is 9.52. The standard InChI is InChI=1S/C17H22F2N4O3.2ClH/c18-17(19)9-14(20-11-17)16(25)22-13-3-1-12(2-4-13)21-15(24)10-23-5-7-26-8-6-23;;/h1-4,14,20H,5-11H2,(H,21,24)(H,22,25);2*1H. The fraction of sp³-hybridized carbons (Fsp3) is 0.529. The molecule has 0 aromatic heterocycles. The van der Waals surface area contributed by atoms with Gasteiger partial charge in [-0.3, -0.25) is 19.8 Å². The number of alkyl halides is 2. The molecule has 3 N–H and O–H groups in total. The maximum atomic E-state index is 13.1. The van der Waals surface area contributed by atoms with Crippen LogP contribution >= 0.6 is 24.8 Å². The minimum atomic E-state index is -2.85. The number of carbonyl (C=O) groups is 2. The molecule has 11 heteroatoms. The monoisotopic (exact) mass is 440 g/mol. The van der Waals surface area contributed by atoms with Crippen LogP contribution in [-0.4, -0.2) is 68.1 Å². The molecule has 7 nitrogen and oxygen atoms in total. The lowest BCUT2D eigenvalue weighted by Gasteiger charge is -2.25. The fourth-order valence-electron chi connectivity index (χ4n) is 2.93. The van der Waals surface area contributed by atoms with E-state index in [4.69, 9.17) is 4.74 Å². The molecule has 2 heterocycles. The van der Waals surface area contributed by atoms with Crippen molar-refractivity contribution in [2.75, 3.05) is 50.0 Å². The Morgan fingerprint density at radius 1 is 1.11 bits per heavy atom. The van der Waals surface area contributed by atoms with Crippen LogP contribution in [0.5, 0.6) is 0 Å². The zero-order valence-corrected chi connectivity index (χ0v) is 16.7. The lowest BCUT2D eigenvalue weighted by molar-refractivity contribution is -0.119. The second-order valence-corrected chi connectivity index (χ2v) is 6.50. The van der Waals surface area contributed by atoms with Crippen molar-refractivity contribution in [3.63, 3.8) is 0 Å². The van der Waals surface area contributed by atoms with Gasteiger partial charge in [0.1, 0.15) is 0 Å². The first-order valence-electron chi connectivity index (χ1n) is 8.53. The van der Waals surface area contributed by atoms with E-state index in [0.29, 0.717) is 31.1 Å². The molecule has 2 aliphatic rings.